The molecule has 0 amide bonds. The number of thiazole rings is 1. The van der Waals surface area contributed by atoms with E-state index in [0.29, 0.717) is 11.9 Å². The molecule has 0 fully saturated rings. The molecule has 1 aromatic heterocycles. The van der Waals surface area contributed by atoms with Crippen LogP contribution in [-0.2, 0) is 17.1 Å². The smallest absolute Gasteiger partial charge is 0.171 e. The Kier molecular flexibility index (Phi) is 5.44. The maximum Gasteiger partial charge on any atom is 0.171 e. The molecule has 0 unspecified atom stereocenters. The number of hydrogen-bond acceptors (Lipinski definition) is 5. The predicted octanol–water partition coefficient (Wildman–Crippen LogP) is 3.13. The summed E-state index contributed by atoms with van der Waals surface area (Å²) >= 11 is 3.32. The van der Waals surface area contributed by atoms with E-state index in [9.17, 15) is 4.79 Å². The van der Waals surface area contributed by atoms with Crippen LogP contribution in [0.5, 0.6) is 0 Å². The number of ether oxygens (including phenoxy) is 1. The van der Waals surface area contributed by atoms with Crippen LogP contribution in [0.2, 0.25) is 0 Å². The summed E-state index contributed by atoms with van der Waals surface area (Å²) < 4.78 is 5.04. The van der Waals surface area contributed by atoms with Crippen LogP contribution in [0.15, 0.2) is 0 Å². The average Bonchev–Trinajstić information content (AvgIpc) is 2.59. The highest BCUT2D eigenvalue weighted by Gasteiger charge is 2.14. The lowest BCUT2D eigenvalue weighted by Gasteiger charge is -2.00. The van der Waals surface area contributed by atoms with E-state index in [1.54, 1.807) is 14.0 Å². The van der Waals surface area contributed by atoms with Gasteiger partial charge >= 0.3 is 0 Å². The first-order valence-corrected chi connectivity index (χ1v) is 7.01. The van der Waals surface area contributed by atoms with E-state index in [1.807, 2.05) is 11.8 Å². The Morgan fingerprint density at radius 1 is 1.56 bits per heavy atom. The van der Waals surface area contributed by atoms with Crippen LogP contribution in [0.4, 0.5) is 0 Å². The van der Waals surface area contributed by atoms with Crippen molar-refractivity contribution in [1.82, 2.24) is 4.98 Å². The molecule has 5 heteroatoms. The molecule has 1 rings (SSSR count). The second-order valence-corrected chi connectivity index (χ2v) is 6.38. The van der Waals surface area contributed by atoms with Gasteiger partial charge in [-0.3, -0.25) is 4.79 Å². The van der Waals surface area contributed by atoms with Gasteiger partial charge < -0.3 is 4.74 Å². The topological polar surface area (TPSA) is 39.2 Å². The molecule has 0 aliphatic heterocycles. The summed E-state index contributed by atoms with van der Waals surface area (Å²) in [4.78, 5) is 16.6. The lowest BCUT2D eigenvalue weighted by molar-refractivity contribution is 0.101. The Morgan fingerprint density at radius 2 is 2.25 bits per heavy atom. The van der Waals surface area contributed by atoms with Crippen molar-refractivity contribution in [3.63, 3.8) is 0 Å². The van der Waals surface area contributed by atoms with Gasteiger partial charge in [-0.25, -0.2) is 4.98 Å². The number of carbonyl (C=O) groups is 1. The van der Waals surface area contributed by atoms with Crippen molar-refractivity contribution in [2.24, 2.45) is 0 Å². The van der Waals surface area contributed by atoms with Crippen molar-refractivity contribution >= 4 is 28.9 Å². The SMILES string of the molecule is COCc1nc(CSC(C)C)sc1C(C)=O. The molecule has 1 aromatic rings. The standard InChI is InChI=1S/C11H17NO2S2/c1-7(2)15-6-10-12-9(5-14-4)11(16-10)8(3)13/h7H,5-6H2,1-4H3. The summed E-state index contributed by atoms with van der Waals surface area (Å²) in [5.41, 5.74) is 0.777. The Morgan fingerprint density at radius 3 is 2.75 bits per heavy atom. The minimum Gasteiger partial charge on any atom is -0.378 e. The second-order valence-electron chi connectivity index (χ2n) is 3.73. The van der Waals surface area contributed by atoms with Crippen LogP contribution in [0.1, 0.15) is 41.1 Å². The molecule has 0 atom stereocenters. The van der Waals surface area contributed by atoms with Crippen molar-refractivity contribution in [3.05, 3.63) is 15.6 Å². The van der Waals surface area contributed by atoms with E-state index in [-0.39, 0.29) is 5.78 Å². The van der Waals surface area contributed by atoms with Gasteiger partial charge in [-0.2, -0.15) is 11.8 Å². The highest BCUT2D eigenvalue weighted by atomic mass is 32.2. The van der Waals surface area contributed by atoms with E-state index < -0.39 is 0 Å². The molecule has 0 bridgehead atoms. The monoisotopic (exact) mass is 259 g/mol. The van der Waals surface area contributed by atoms with Gasteiger partial charge in [0, 0.05) is 19.8 Å². The molecular weight excluding hydrogens is 242 g/mol. The maximum absolute atomic E-state index is 11.4. The van der Waals surface area contributed by atoms with Gasteiger partial charge in [0.15, 0.2) is 5.78 Å². The third kappa shape index (κ3) is 3.88. The van der Waals surface area contributed by atoms with E-state index >= 15 is 0 Å². The van der Waals surface area contributed by atoms with Crippen LogP contribution >= 0.6 is 23.1 Å². The third-order valence-electron chi connectivity index (χ3n) is 1.88. The number of hydrogen-bond donors (Lipinski definition) is 0. The van der Waals surface area contributed by atoms with E-state index in [0.717, 1.165) is 21.3 Å². The lowest BCUT2D eigenvalue weighted by atomic mass is 10.3. The molecular formula is C11H17NO2S2. The average molecular weight is 259 g/mol. The van der Waals surface area contributed by atoms with Gasteiger partial charge in [0.05, 0.1) is 17.2 Å². The number of rotatable bonds is 6. The van der Waals surface area contributed by atoms with E-state index in [4.69, 9.17) is 4.74 Å². The Bertz CT molecular complexity index is 361. The van der Waals surface area contributed by atoms with Crippen LogP contribution in [0, 0.1) is 0 Å². The maximum atomic E-state index is 11.4. The van der Waals surface area contributed by atoms with Crippen LogP contribution in [-0.4, -0.2) is 23.1 Å². The van der Waals surface area contributed by atoms with Gasteiger partial charge in [0.25, 0.3) is 0 Å². The molecule has 16 heavy (non-hydrogen) atoms. The van der Waals surface area contributed by atoms with Crippen molar-refractivity contribution in [1.29, 1.82) is 0 Å². The van der Waals surface area contributed by atoms with Crippen LogP contribution in [0.3, 0.4) is 0 Å². The molecule has 3 nitrogen and oxygen atoms in total. The Hall–Kier alpha value is -0.390. The molecule has 90 valence electrons. The lowest BCUT2D eigenvalue weighted by Crippen LogP contribution is -1.97. The first-order valence-electron chi connectivity index (χ1n) is 5.14. The first kappa shape index (κ1) is 13.7. The zero-order chi connectivity index (χ0) is 12.1. The molecule has 0 saturated carbocycles. The highest BCUT2D eigenvalue weighted by Crippen LogP contribution is 2.25. The molecule has 0 aliphatic rings. The van der Waals surface area contributed by atoms with Gasteiger partial charge in [0.1, 0.15) is 5.01 Å². The number of carbonyl (C=O) groups excluding carboxylic acids is 1. The molecule has 0 aromatic carbocycles. The molecule has 1 heterocycles. The van der Waals surface area contributed by atoms with Crippen LogP contribution < -0.4 is 0 Å². The van der Waals surface area contributed by atoms with Gasteiger partial charge in [-0.1, -0.05) is 13.8 Å². The normalized spacial score (nSPS) is 11.1. The fourth-order valence-electron chi connectivity index (χ4n) is 1.21. The number of aromatic nitrogens is 1. The predicted molar refractivity (Wildman–Crippen MR) is 69.3 cm³/mol. The largest absolute Gasteiger partial charge is 0.378 e. The molecule has 0 aliphatic carbocycles. The van der Waals surface area contributed by atoms with Gasteiger partial charge in [-0.15, -0.1) is 11.3 Å². The number of methoxy groups -OCH3 is 1. The van der Waals surface area contributed by atoms with E-state index in [2.05, 4.69) is 18.8 Å². The Labute approximate surface area is 105 Å². The number of thioether (sulfide) groups is 1. The van der Waals surface area contributed by atoms with Gasteiger partial charge in [-0.05, 0) is 5.25 Å². The van der Waals surface area contributed by atoms with E-state index in [1.165, 1.54) is 11.3 Å². The first-order chi connectivity index (χ1) is 7.54. The number of nitrogens with zero attached hydrogens (tertiary/aromatic N) is 1. The summed E-state index contributed by atoms with van der Waals surface area (Å²) in [5, 5.41) is 1.59. The number of ketones is 1. The third-order valence-corrected chi connectivity index (χ3v) is 4.37. The number of Topliss-reactive ketones (excluding diaryl/α,β-unsaturated/α-hetero) is 1. The zero-order valence-electron chi connectivity index (χ0n) is 10.1. The molecule has 0 radical (unpaired) electrons. The van der Waals surface area contributed by atoms with Gasteiger partial charge in [0.2, 0.25) is 0 Å². The molecule has 0 saturated heterocycles. The zero-order valence-corrected chi connectivity index (χ0v) is 11.7. The summed E-state index contributed by atoms with van der Waals surface area (Å²) in [6.07, 6.45) is 0. The molecule has 0 spiro atoms. The van der Waals surface area contributed by atoms with Crippen molar-refractivity contribution in [3.8, 4) is 0 Å². The van der Waals surface area contributed by atoms with Crippen molar-refractivity contribution in [2.75, 3.05) is 7.11 Å². The summed E-state index contributed by atoms with van der Waals surface area (Å²) in [5.74, 6) is 0.942. The summed E-state index contributed by atoms with van der Waals surface area (Å²) in [6.45, 7) is 6.30. The highest BCUT2D eigenvalue weighted by molar-refractivity contribution is 7.99. The Balaban J connectivity index is 2.79. The second kappa shape index (κ2) is 6.37. The summed E-state index contributed by atoms with van der Waals surface area (Å²) in [7, 11) is 1.62. The fraction of sp³-hybridized carbons (Fsp3) is 0.636. The van der Waals surface area contributed by atoms with Crippen molar-refractivity contribution < 1.29 is 9.53 Å². The van der Waals surface area contributed by atoms with Crippen molar-refractivity contribution in [2.45, 2.75) is 38.4 Å². The van der Waals surface area contributed by atoms with Crippen LogP contribution in [0.25, 0.3) is 0 Å². The fourth-order valence-corrected chi connectivity index (χ4v) is 2.95. The summed E-state index contributed by atoms with van der Waals surface area (Å²) in [6, 6.07) is 0. The molecule has 0 N–H and O–H groups in total. The minimum absolute atomic E-state index is 0.0744. The minimum atomic E-state index is 0.0744. The quantitative estimate of drug-likeness (QED) is 0.736.